The van der Waals surface area contributed by atoms with E-state index in [0.29, 0.717) is 11.0 Å². The zero-order valence-corrected chi connectivity index (χ0v) is 11.7. The number of hydrogen-bond acceptors (Lipinski definition) is 4. The number of ether oxygens (including phenoxy) is 1. The highest BCUT2D eigenvalue weighted by Crippen LogP contribution is 2.28. The van der Waals surface area contributed by atoms with Crippen LogP contribution in [0.5, 0.6) is 11.6 Å². The Labute approximate surface area is 117 Å². The summed E-state index contributed by atoms with van der Waals surface area (Å²) in [6, 6.07) is 7.20. The van der Waals surface area contributed by atoms with Crippen molar-refractivity contribution >= 4 is 17.3 Å². The summed E-state index contributed by atoms with van der Waals surface area (Å²) in [5.41, 5.74) is 9.09. The van der Waals surface area contributed by atoms with Crippen molar-refractivity contribution in [3.63, 3.8) is 0 Å². The van der Waals surface area contributed by atoms with E-state index in [4.69, 9.17) is 22.1 Å². The largest absolute Gasteiger partial charge is 0.438 e. The van der Waals surface area contributed by atoms with Gasteiger partial charge in [-0.1, -0.05) is 25.4 Å². The molecule has 0 saturated carbocycles. The number of nitrogens with zero attached hydrogens (tertiary/aromatic N) is 2. The number of rotatable bonds is 4. The maximum Gasteiger partial charge on any atom is 0.238 e. The maximum absolute atomic E-state index is 6.09. The average molecular weight is 278 g/mol. The quantitative estimate of drug-likeness (QED) is 0.867. The standard InChI is InChI=1S/C14H16ClN3O/c1-3-9-7-11(8-10(4-2)14(9)16)19-13-6-5-12(15)17-18-13/h5-8H,3-4,16H2,1-2H3. The van der Waals surface area contributed by atoms with Gasteiger partial charge in [-0.3, -0.25) is 0 Å². The number of nitrogen functional groups attached to an aromatic ring is 1. The minimum atomic E-state index is 0.341. The Hall–Kier alpha value is -1.81. The van der Waals surface area contributed by atoms with Crippen molar-refractivity contribution in [3.05, 3.63) is 40.5 Å². The summed E-state index contributed by atoms with van der Waals surface area (Å²) >= 11 is 5.69. The third-order valence-electron chi connectivity index (χ3n) is 2.92. The van der Waals surface area contributed by atoms with Gasteiger partial charge in [-0.15, -0.1) is 10.2 Å². The van der Waals surface area contributed by atoms with E-state index in [-0.39, 0.29) is 0 Å². The Morgan fingerprint density at radius 2 is 1.74 bits per heavy atom. The van der Waals surface area contributed by atoms with Crippen LogP contribution in [0.15, 0.2) is 24.3 Å². The predicted octanol–water partition coefficient (Wildman–Crippen LogP) is 3.63. The van der Waals surface area contributed by atoms with E-state index < -0.39 is 0 Å². The highest BCUT2D eigenvalue weighted by atomic mass is 35.5. The average Bonchev–Trinajstić information content (AvgIpc) is 2.43. The zero-order valence-electron chi connectivity index (χ0n) is 11.0. The highest BCUT2D eigenvalue weighted by molar-refractivity contribution is 6.29. The fraction of sp³-hybridized carbons (Fsp3) is 0.286. The number of aromatic nitrogens is 2. The van der Waals surface area contributed by atoms with E-state index in [1.54, 1.807) is 12.1 Å². The zero-order chi connectivity index (χ0) is 13.8. The predicted molar refractivity (Wildman–Crippen MR) is 76.7 cm³/mol. The molecule has 1 aromatic heterocycles. The van der Waals surface area contributed by atoms with Crippen molar-refractivity contribution in [3.8, 4) is 11.6 Å². The monoisotopic (exact) mass is 277 g/mol. The van der Waals surface area contributed by atoms with Gasteiger partial charge in [-0.05, 0) is 42.2 Å². The van der Waals surface area contributed by atoms with Crippen LogP contribution in [0.2, 0.25) is 5.15 Å². The molecule has 0 amide bonds. The SMILES string of the molecule is CCc1cc(Oc2ccc(Cl)nn2)cc(CC)c1N. The molecular weight excluding hydrogens is 262 g/mol. The third kappa shape index (κ3) is 3.15. The molecule has 5 heteroatoms. The van der Waals surface area contributed by atoms with E-state index in [1.165, 1.54) is 0 Å². The van der Waals surface area contributed by atoms with E-state index in [0.717, 1.165) is 35.4 Å². The first-order valence-electron chi connectivity index (χ1n) is 6.22. The number of halogens is 1. The Morgan fingerprint density at radius 3 is 2.21 bits per heavy atom. The first-order valence-corrected chi connectivity index (χ1v) is 6.60. The van der Waals surface area contributed by atoms with Crippen LogP contribution >= 0.6 is 11.6 Å². The van der Waals surface area contributed by atoms with Gasteiger partial charge in [0.25, 0.3) is 0 Å². The Kier molecular flexibility index (Phi) is 4.22. The molecule has 0 unspecified atom stereocenters. The van der Waals surface area contributed by atoms with Crippen LogP contribution < -0.4 is 10.5 Å². The number of benzene rings is 1. The number of nitrogens with two attached hydrogens (primary N) is 1. The van der Waals surface area contributed by atoms with Gasteiger partial charge in [-0.25, -0.2) is 0 Å². The summed E-state index contributed by atoms with van der Waals surface area (Å²) < 4.78 is 5.69. The molecule has 100 valence electrons. The lowest BCUT2D eigenvalue weighted by molar-refractivity contribution is 0.454. The van der Waals surface area contributed by atoms with Crippen LogP contribution in [0.3, 0.4) is 0 Å². The molecule has 0 bridgehead atoms. The van der Waals surface area contributed by atoms with Gasteiger partial charge in [0.1, 0.15) is 5.75 Å². The molecular formula is C14H16ClN3O. The summed E-state index contributed by atoms with van der Waals surface area (Å²) in [6.45, 7) is 4.13. The maximum atomic E-state index is 6.09. The van der Waals surface area contributed by atoms with E-state index in [2.05, 4.69) is 24.0 Å². The second kappa shape index (κ2) is 5.89. The lowest BCUT2D eigenvalue weighted by atomic mass is 10.0. The molecule has 0 radical (unpaired) electrons. The molecule has 1 aromatic carbocycles. The Morgan fingerprint density at radius 1 is 1.11 bits per heavy atom. The van der Waals surface area contributed by atoms with Gasteiger partial charge in [0.2, 0.25) is 5.88 Å². The first-order chi connectivity index (χ1) is 9.13. The minimum absolute atomic E-state index is 0.341. The van der Waals surface area contributed by atoms with Crippen LogP contribution in [-0.2, 0) is 12.8 Å². The number of aryl methyl sites for hydroxylation is 2. The van der Waals surface area contributed by atoms with E-state index >= 15 is 0 Å². The van der Waals surface area contributed by atoms with Crippen LogP contribution in [0.4, 0.5) is 5.69 Å². The molecule has 0 atom stereocenters. The summed E-state index contributed by atoms with van der Waals surface area (Å²) in [6.07, 6.45) is 1.73. The molecule has 0 aliphatic heterocycles. The van der Waals surface area contributed by atoms with Crippen molar-refractivity contribution in [1.82, 2.24) is 10.2 Å². The highest BCUT2D eigenvalue weighted by Gasteiger charge is 2.08. The second-order valence-electron chi connectivity index (χ2n) is 4.16. The molecule has 0 fully saturated rings. The molecule has 2 N–H and O–H groups in total. The lowest BCUT2D eigenvalue weighted by Crippen LogP contribution is -2.00. The van der Waals surface area contributed by atoms with E-state index in [1.807, 2.05) is 12.1 Å². The van der Waals surface area contributed by atoms with Crippen LogP contribution in [0.1, 0.15) is 25.0 Å². The molecule has 4 nitrogen and oxygen atoms in total. The normalized spacial score (nSPS) is 10.5. The van der Waals surface area contributed by atoms with Crippen molar-refractivity contribution in [2.24, 2.45) is 0 Å². The van der Waals surface area contributed by atoms with Gasteiger partial charge >= 0.3 is 0 Å². The summed E-state index contributed by atoms with van der Waals surface area (Å²) in [4.78, 5) is 0. The minimum Gasteiger partial charge on any atom is -0.438 e. The number of anilines is 1. The van der Waals surface area contributed by atoms with Crippen molar-refractivity contribution < 1.29 is 4.74 Å². The number of hydrogen-bond donors (Lipinski definition) is 1. The van der Waals surface area contributed by atoms with E-state index in [9.17, 15) is 0 Å². The van der Waals surface area contributed by atoms with Crippen molar-refractivity contribution in [2.45, 2.75) is 26.7 Å². The third-order valence-corrected chi connectivity index (χ3v) is 3.12. The lowest BCUT2D eigenvalue weighted by Gasteiger charge is -2.12. The van der Waals surface area contributed by atoms with Gasteiger partial charge < -0.3 is 10.5 Å². The fourth-order valence-corrected chi connectivity index (χ4v) is 1.97. The molecule has 19 heavy (non-hydrogen) atoms. The van der Waals surface area contributed by atoms with Gasteiger partial charge in [0.05, 0.1) is 0 Å². The van der Waals surface area contributed by atoms with Gasteiger partial charge in [0.15, 0.2) is 5.15 Å². The topological polar surface area (TPSA) is 61.0 Å². The van der Waals surface area contributed by atoms with Crippen LogP contribution in [-0.4, -0.2) is 10.2 Å². The molecule has 1 heterocycles. The van der Waals surface area contributed by atoms with Crippen LogP contribution in [0.25, 0.3) is 0 Å². The van der Waals surface area contributed by atoms with Gasteiger partial charge in [0, 0.05) is 11.8 Å². The Balaban J connectivity index is 2.32. The Bertz CT molecular complexity index is 544. The molecule has 0 spiro atoms. The van der Waals surface area contributed by atoms with Crippen LogP contribution in [0, 0.1) is 0 Å². The molecule has 0 saturated heterocycles. The fourth-order valence-electron chi connectivity index (χ4n) is 1.87. The summed E-state index contributed by atoms with van der Waals surface area (Å²) in [7, 11) is 0. The second-order valence-corrected chi connectivity index (χ2v) is 4.55. The molecule has 2 aromatic rings. The van der Waals surface area contributed by atoms with Crippen molar-refractivity contribution in [2.75, 3.05) is 5.73 Å². The first kappa shape index (κ1) is 13.6. The smallest absolute Gasteiger partial charge is 0.238 e. The summed E-state index contributed by atoms with van der Waals surface area (Å²) in [5.74, 6) is 1.14. The molecule has 2 rings (SSSR count). The molecule has 0 aliphatic carbocycles. The van der Waals surface area contributed by atoms with Gasteiger partial charge in [-0.2, -0.15) is 0 Å². The van der Waals surface area contributed by atoms with Crippen molar-refractivity contribution in [1.29, 1.82) is 0 Å². The molecule has 0 aliphatic rings. The summed E-state index contributed by atoms with van der Waals surface area (Å²) in [5, 5.41) is 7.96.